The summed E-state index contributed by atoms with van der Waals surface area (Å²) in [4.78, 5) is 21.7. The minimum atomic E-state index is 0.145. The first-order chi connectivity index (χ1) is 14.6. The Labute approximate surface area is 181 Å². The molecule has 2 aliphatic carbocycles. The minimum Gasteiger partial charge on any atom is -0.381 e. The number of nitrogens with two attached hydrogens (primary N) is 1. The van der Waals surface area contributed by atoms with Crippen LogP contribution in [0.25, 0.3) is 22.0 Å². The molecule has 0 atom stereocenters. The van der Waals surface area contributed by atoms with E-state index >= 15 is 0 Å². The molecule has 0 amide bonds. The van der Waals surface area contributed by atoms with Gasteiger partial charge in [-0.1, -0.05) is 17.7 Å². The van der Waals surface area contributed by atoms with E-state index in [2.05, 4.69) is 21.4 Å². The van der Waals surface area contributed by atoms with Crippen molar-refractivity contribution < 1.29 is 4.79 Å². The second-order valence-electron chi connectivity index (χ2n) is 8.54. The molecule has 154 valence electrons. The third kappa shape index (κ3) is 3.92. The molecule has 0 radical (unpaired) electrons. The zero-order valence-corrected chi connectivity index (χ0v) is 17.5. The minimum absolute atomic E-state index is 0.145. The van der Waals surface area contributed by atoms with Crippen LogP contribution < -0.4 is 11.1 Å². The fraction of sp³-hybridized carbons (Fsp3) is 0.375. The van der Waals surface area contributed by atoms with E-state index in [0.29, 0.717) is 16.8 Å². The van der Waals surface area contributed by atoms with E-state index in [-0.39, 0.29) is 17.7 Å². The molecule has 2 saturated carbocycles. The second-order valence-corrected chi connectivity index (χ2v) is 8.93. The quantitative estimate of drug-likeness (QED) is 0.436. The van der Waals surface area contributed by atoms with Gasteiger partial charge in [0.05, 0.1) is 16.8 Å². The van der Waals surface area contributed by atoms with E-state index in [4.69, 9.17) is 17.3 Å². The summed E-state index contributed by atoms with van der Waals surface area (Å²) >= 11 is 6.10. The summed E-state index contributed by atoms with van der Waals surface area (Å²) in [5.74, 6) is 0.350. The number of nitrogens with one attached hydrogen (secondary N) is 1. The Morgan fingerprint density at radius 3 is 2.50 bits per heavy atom. The average molecular weight is 421 g/mol. The van der Waals surface area contributed by atoms with E-state index in [9.17, 15) is 4.79 Å². The van der Waals surface area contributed by atoms with Crippen LogP contribution in [0.5, 0.6) is 0 Å². The van der Waals surface area contributed by atoms with Crippen molar-refractivity contribution in [3.8, 4) is 11.1 Å². The molecule has 2 aliphatic rings. The fourth-order valence-electron chi connectivity index (χ4n) is 4.33. The highest BCUT2D eigenvalue weighted by molar-refractivity contribution is 6.29. The first-order valence-electron chi connectivity index (χ1n) is 10.7. The van der Waals surface area contributed by atoms with E-state index in [1.54, 1.807) is 12.4 Å². The molecule has 2 heterocycles. The van der Waals surface area contributed by atoms with Crippen molar-refractivity contribution in [1.82, 2.24) is 9.97 Å². The molecule has 3 N–H and O–H groups in total. The lowest BCUT2D eigenvalue weighted by Gasteiger charge is -2.29. The summed E-state index contributed by atoms with van der Waals surface area (Å²) < 4.78 is 0. The van der Waals surface area contributed by atoms with Crippen LogP contribution in [0.1, 0.15) is 48.9 Å². The molecule has 2 aromatic heterocycles. The van der Waals surface area contributed by atoms with Crippen molar-refractivity contribution in [2.24, 2.45) is 11.7 Å². The number of benzene rings is 1. The van der Waals surface area contributed by atoms with Crippen LogP contribution in [-0.2, 0) is 0 Å². The van der Waals surface area contributed by atoms with E-state index in [1.165, 1.54) is 0 Å². The van der Waals surface area contributed by atoms with Crippen molar-refractivity contribution in [1.29, 1.82) is 0 Å². The molecular weight excluding hydrogens is 396 g/mol. The van der Waals surface area contributed by atoms with Gasteiger partial charge in [0.1, 0.15) is 5.15 Å². The van der Waals surface area contributed by atoms with Crippen molar-refractivity contribution in [2.75, 3.05) is 5.32 Å². The zero-order chi connectivity index (χ0) is 20.7. The number of ketones is 1. The molecule has 5 nitrogen and oxygen atoms in total. The topological polar surface area (TPSA) is 80.9 Å². The van der Waals surface area contributed by atoms with Crippen LogP contribution in [0, 0.1) is 5.92 Å². The van der Waals surface area contributed by atoms with Crippen LogP contribution in [0.2, 0.25) is 5.15 Å². The summed E-state index contributed by atoms with van der Waals surface area (Å²) in [7, 11) is 0. The maximum atomic E-state index is 13.0. The predicted molar refractivity (Wildman–Crippen MR) is 121 cm³/mol. The highest BCUT2D eigenvalue weighted by Gasteiger charge is 2.33. The van der Waals surface area contributed by atoms with Gasteiger partial charge in [0, 0.05) is 35.8 Å². The van der Waals surface area contributed by atoms with Crippen LogP contribution in [0.15, 0.2) is 42.7 Å². The smallest absolute Gasteiger partial charge is 0.169 e. The van der Waals surface area contributed by atoms with E-state index in [0.717, 1.165) is 66.2 Å². The normalized spacial score (nSPS) is 21.5. The number of anilines is 1. The molecule has 5 rings (SSSR count). The van der Waals surface area contributed by atoms with Crippen LogP contribution in [0.3, 0.4) is 0 Å². The molecule has 1 aromatic carbocycles. The first-order valence-corrected chi connectivity index (χ1v) is 11.1. The van der Waals surface area contributed by atoms with Gasteiger partial charge in [0.25, 0.3) is 0 Å². The molecule has 0 unspecified atom stereocenters. The summed E-state index contributed by atoms with van der Waals surface area (Å²) in [5, 5.41) is 5.14. The van der Waals surface area contributed by atoms with E-state index in [1.807, 2.05) is 24.3 Å². The monoisotopic (exact) mass is 420 g/mol. The predicted octanol–water partition coefficient (Wildman–Crippen LogP) is 5.22. The number of aromatic nitrogens is 2. The second kappa shape index (κ2) is 7.97. The molecule has 30 heavy (non-hydrogen) atoms. The van der Waals surface area contributed by atoms with Gasteiger partial charge >= 0.3 is 0 Å². The van der Waals surface area contributed by atoms with Gasteiger partial charge < -0.3 is 11.1 Å². The number of Topliss-reactive ketones (excluding diaryl/α,β-unsaturated/α-hetero) is 1. The molecule has 0 saturated heterocycles. The van der Waals surface area contributed by atoms with Gasteiger partial charge in [-0.25, -0.2) is 4.98 Å². The van der Waals surface area contributed by atoms with Gasteiger partial charge in [-0.3, -0.25) is 9.78 Å². The third-order valence-electron chi connectivity index (χ3n) is 6.26. The lowest BCUT2D eigenvalue weighted by molar-refractivity contribution is 0.0968. The Morgan fingerprint density at radius 1 is 1.00 bits per heavy atom. The van der Waals surface area contributed by atoms with Gasteiger partial charge in [0.2, 0.25) is 0 Å². The number of pyridine rings is 2. The fourth-order valence-corrected chi connectivity index (χ4v) is 4.50. The van der Waals surface area contributed by atoms with Crippen LogP contribution >= 0.6 is 11.6 Å². The highest BCUT2D eigenvalue weighted by atomic mass is 35.5. The summed E-state index contributed by atoms with van der Waals surface area (Å²) in [6, 6.07) is 10.5. The Morgan fingerprint density at radius 2 is 1.77 bits per heavy atom. The van der Waals surface area contributed by atoms with Crippen molar-refractivity contribution in [3.05, 3.63) is 53.4 Å². The van der Waals surface area contributed by atoms with Gasteiger partial charge in [0.15, 0.2) is 5.78 Å². The van der Waals surface area contributed by atoms with Crippen LogP contribution in [-0.4, -0.2) is 27.8 Å². The zero-order valence-electron chi connectivity index (χ0n) is 16.8. The number of nitrogens with zero attached hydrogens (tertiary/aromatic N) is 2. The lowest BCUT2D eigenvalue weighted by Crippen LogP contribution is -2.33. The molecule has 2 fully saturated rings. The molecule has 0 spiro atoms. The van der Waals surface area contributed by atoms with Crippen molar-refractivity contribution in [3.63, 3.8) is 0 Å². The first kappa shape index (κ1) is 19.5. The molecule has 0 aliphatic heterocycles. The Hall–Kier alpha value is -2.50. The highest BCUT2D eigenvalue weighted by Crippen LogP contribution is 2.38. The van der Waals surface area contributed by atoms with Gasteiger partial charge in [-0.05, 0) is 73.9 Å². The van der Waals surface area contributed by atoms with Gasteiger partial charge in [-0.15, -0.1) is 0 Å². The van der Waals surface area contributed by atoms with Gasteiger partial charge in [-0.2, -0.15) is 0 Å². The summed E-state index contributed by atoms with van der Waals surface area (Å²) in [6.45, 7) is 0. The van der Waals surface area contributed by atoms with Crippen LogP contribution in [0.4, 0.5) is 5.69 Å². The summed E-state index contributed by atoms with van der Waals surface area (Å²) in [5.41, 5.74) is 10.6. The molecular formula is C24H25ClN4O. The Bertz CT molecular complexity index is 1100. The Kier molecular flexibility index (Phi) is 5.17. The lowest BCUT2D eigenvalue weighted by atomic mass is 9.91. The number of hydrogen-bond acceptors (Lipinski definition) is 5. The number of rotatable bonds is 5. The molecule has 6 heteroatoms. The third-order valence-corrected chi connectivity index (χ3v) is 6.47. The Balaban J connectivity index is 1.60. The maximum absolute atomic E-state index is 13.0. The SMILES string of the molecule is N[C@H]1CC[C@H](Nc2c(C(=O)C3CC3)cnc3ccc(-c4ccnc(Cl)c4)cc23)CC1. The van der Waals surface area contributed by atoms with Crippen molar-refractivity contribution >= 4 is 34.0 Å². The standard InChI is InChI=1S/C24H25ClN4O/c25-22-12-16(9-10-27-22)15-3-8-21-19(11-15)23(29-18-6-4-17(26)5-7-18)20(13-28-21)24(30)14-1-2-14/h3,8-14,17-18H,1-2,4-7,26H2,(H,28,29)/t17-,18-. The number of carbonyl (C=O) groups is 1. The average Bonchev–Trinajstić information content (AvgIpc) is 3.60. The number of hydrogen-bond donors (Lipinski definition) is 2. The van der Waals surface area contributed by atoms with E-state index < -0.39 is 0 Å². The number of carbonyl (C=O) groups excluding carboxylic acids is 1. The number of halogens is 1. The molecule has 3 aromatic rings. The summed E-state index contributed by atoms with van der Waals surface area (Å²) in [6.07, 6.45) is 9.46. The van der Waals surface area contributed by atoms with Crippen molar-refractivity contribution in [2.45, 2.75) is 50.6 Å². The number of fused-ring (bicyclic) bond motifs is 1. The maximum Gasteiger partial charge on any atom is 0.169 e. The largest absolute Gasteiger partial charge is 0.381 e. The molecule has 0 bridgehead atoms.